The van der Waals surface area contributed by atoms with Gasteiger partial charge in [0, 0.05) is 17.6 Å². The molecule has 1 aliphatic rings. The predicted molar refractivity (Wildman–Crippen MR) is 105 cm³/mol. The molecule has 0 bridgehead atoms. The monoisotopic (exact) mass is 394 g/mol. The average molecular weight is 394 g/mol. The molecule has 0 fully saturated rings. The van der Waals surface area contributed by atoms with Crippen molar-refractivity contribution in [2.45, 2.75) is 18.9 Å². The quantitative estimate of drug-likeness (QED) is 0.595. The fourth-order valence-electron chi connectivity index (χ4n) is 3.27. The fourth-order valence-corrected chi connectivity index (χ4v) is 3.27. The Bertz CT molecular complexity index is 1010. The zero-order chi connectivity index (χ0) is 21.0. The van der Waals surface area contributed by atoms with Gasteiger partial charge in [-0.15, -0.1) is 0 Å². The molecule has 0 amide bonds. The summed E-state index contributed by atoms with van der Waals surface area (Å²) in [4.78, 5) is 37.8. The van der Waals surface area contributed by atoms with Crippen molar-refractivity contribution in [3.63, 3.8) is 0 Å². The summed E-state index contributed by atoms with van der Waals surface area (Å²) in [5.41, 5.74) is -1.29. The number of rotatable bonds is 6. The van der Waals surface area contributed by atoms with Crippen LogP contribution in [0.5, 0.6) is 0 Å². The molecule has 29 heavy (non-hydrogen) atoms. The number of carboxylic acid groups (broad SMARTS) is 1. The highest BCUT2D eigenvalue weighted by molar-refractivity contribution is 6.17. The van der Waals surface area contributed by atoms with Crippen molar-refractivity contribution in [3.8, 4) is 0 Å². The molecule has 2 aromatic rings. The number of carboxylic acids is 1. The topological polar surface area (TPSA) is 80.7 Å². The number of benzene rings is 2. The van der Waals surface area contributed by atoms with E-state index in [4.69, 9.17) is 4.74 Å². The summed E-state index contributed by atoms with van der Waals surface area (Å²) in [6.45, 7) is 1.37. The van der Waals surface area contributed by atoms with E-state index in [2.05, 4.69) is 0 Å². The van der Waals surface area contributed by atoms with Gasteiger partial charge in [0.1, 0.15) is 5.82 Å². The van der Waals surface area contributed by atoms with Gasteiger partial charge >= 0.3 is 5.97 Å². The van der Waals surface area contributed by atoms with E-state index in [0.717, 1.165) is 17.7 Å². The molecular formula is C23H19FO5. The minimum absolute atomic E-state index is 0.0144. The average Bonchev–Trinajstić information content (AvgIpc) is 2.72. The molecule has 0 spiro atoms. The summed E-state index contributed by atoms with van der Waals surface area (Å²) < 4.78 is 18.7. The lowest BCUT2D eigenvalue weighted by Gasteiger charge is -2.33. The van der Waals surface area contributed by atoms with E-state index < -0.39 is 29.0 Å². The molecule has 1 aliphatic heterocycles. The van der Waals surface area contributed by atoms with Crippen LogP contribution in [0.1, 0.15) is 29.3 Å². The van der Waals surface area contributed by atoms with E-state index in [1.165, 1.54) is 25.1 Å². The summed E-state index contributed by atoms with van der Waals surface area (Å²) in [6, 6.07) is 13.9. The van der Waals surface area contributed by atoms with Gasteiger partial charge in [0.25, 0.3) is 0 Å². The highest BCUT2D eigenvalue weighted by Crippen LogP contribution is 2.34. The number of hydrogen-bond donors (Lipinski definition) is 1. The molecule has 6 heteroatoms. The van der Waals surface area contributed by atoms with Crippen molar-refractivity contribution in [3.05, 3.63) is 88.8 Å². The lowest BCUT2D eigenvalue weighted by Crippen LogP contribution is -2.46. The fraction of sp³-hybridized carbons (Fsp3) is 0.174. The zero-order valence-corrected chi connectivity index (χ0v) is 15.7. The second-order valence-electron chi connectivity index (χ2n) is 6.73. The number of Topliss-reactive ketones (excluding diaryl/α,β-unsaturated/α-hetero) is 1. The van der Waals surface area contributed by atoms with Crippen molar-refractivity contribution in [2.24, 2.45) is 0 Å². The summed E-state index contributed by atoms with van der Waals surface area (Å²) >= 11 is 0. The molecule has 0 radical (unpaired) electrons. The maximum atomic E-state index is 13.2. The first-order chi connectivity index (χ1) is 13.8. The normalized spacial score (nSPS) is 19.4. The first-order valence-corrected chi connectivity index (χ1v) is 9.01. The summed E-state index contributed by atoms with van der Waals surface area (Å²) in [6.07, 6.45) is 2.86. The summed E-state index contributed by atoms with van der Waals surface area (Å²) in [7, 11) is 0. The highest BCUT2D eigenvalue weighted by Gasteiger charge is 2.46. The Morgan fingerprint density at radius 1 is 1.07 bits per heavy atom. The Kier molecular flexibility index (Phi) is 5.84. The van der Waals surface area contributed by atoms with Gasteiger partial charge < -0.3 is 9.84 Å². The molecule has 5 nitrogen and oxygen atoms in total. The molecule has 3 rings (SSSR count). The summed E-state index contributed by atoms with van der Waals surface area (Å²) in [5.74, 6) is -3.05. The Hall–Kier alpha value is -3.38. The molecule has 2 aromatic carbocycles. The van der Waals surface area contributed by atoms with Crippen LogP contribution in [-0.4, -0.2) is 34.9 Å². The molecule has 0 saturated carbocycles. The number of carbonyl (C=O) groups excluding carboxylic acids is 2. The van der Waals surface area contributed by atoms with Crippen molar-refractivity contribution < 1.29 is 28.6 Å². The van der Waals surface area contributed by atoms with Gasteiger partial charge in [-0.05, 0) is 42.8 Å². The Labute approximate surface area is 167 Å². The Balaban J connectivity index is 2.01. The van der Waals surface area contributed by atoms with E-state index in [9.17, 15) is 23.9 Å². The van der Waals surface area contributed by atoms with Gasteiger partial charge in [0.15, 0.2) is 17.2 Å². The minimum Gasteiger partial charge on any atom is -0.478 e. The van der Waals surface area contributed by atoms with Crippen LogP contribution in [0.15, 0.2) is 71.8 Å². The van der Waals surface area contributed by atoms with Gasteiger partial charge in [0.05, 0.1) is 12.2 Å². The van der Waals surface area contributed by atoms with Gasteiger partial charge in [-0.1, -0.05) is 36.4 Å². The van der Waals surface area contributed by atoms with Crippen LogP contribution in [0, 0.1) is 5.82 Å². The lowest BCUT2D eigenvalue weighted by atomic mass is 9.81. The van der Waals surface area contributed by atoms with Crippen LogP contribution in [0.2, 0.25) is 0 Å². The number of ether oxygens (including phenoxy) is 1. The highest BCUT2D eigenvalue weighted by atomic mass is 19.1. The van der Waals surface area contributed by atoms with Crippen LogP contribution >= 0.6 is 0 Å². The summed E-state index contributed by atoms with van der Waals surface area (Å²) in [5, 5.41) is 9.79. The van der Waals surface area contributed by atoms with Crippen molar-refractivity contribution in [2.75, 3.05) is 6.61 Å². The SMILES string of the molecule is CC1(C(=O)C=Cc2ccccc2)OCCC(C(=O)c2ccc(F)cc2)=C1C(=O)O. The van der Waals surface area contributed by atoms with E-state index >= 15 is 0 Å². The van der Waals surface area contributed by atoms with Gasteiger partial charge in [-0.25, -0.2) is 9.18 Å². The molecule has 0 aliphatic carbocycles. The number of aliphatic carboxylic acids is 1. The zero-order valence-electron chi connectivity index (χ0n) is 15.7. The van der Waals surface area contributed by atoms with Gasteiger partial charge in [-0.3, -0.25) is 9.59 Å². The smallest absolute Gasteiger partial charge is 0.335 e. The van der Waals surface area contributed by atoms with Crippen molar-refractivity contribution >= 4 is 23.6 Å². The van der Waals surface area contributed by atoms with E-state index in [-0.39, 0.29) is 29.7 Å². The third-order valence-electron chi connectivity index (χ3n) is 4.81. The number of hydrogen-bond acceptors (Lipinski definition) is 4. The molecule has 1 atom stereocenters. The van der Waals surface area contributed by atoms with Crippen LogP contribution in [-0.2, 0) is 14.3 Å². The number of ketones is 2. The third kappa shape index (κ3) is 4.22. The van der Waals surface area contributed by atoms with E-state index in [1.54, 1.807) is 18.2 Å². The first kappa shape index (κ1) is 20.4. The maximum Gasteiger partial charge on any atom is 0.335 e. The van der Waals surface area contributed by atoms with Crippen LogP contribution < -0.4 is 0 Å². The molecule has 1 unspecified atom stereocenters. The second-order valence-corrected chi connectivity index (χ2v) is 6.73. The molecule has 0 saturated heterocycles. The predicted octanol–water partition coefficient (Wildman–Crippen LogP) is 3.85. The van der Waals surface area contributed by atoms with E-state index in [1.807, 2.05) is 18.2 Å². The largest absolute Gasteiger partial charge is 0.478 e. The number of halogens is 1. The molecule has 1 heterocycles. The number of carbonyl (C=O) groups is 3. The lowest BCUT2D eigenvalue weighted by molar-refractivity contribution is -0.144. The molecule has 0 aromatic heterocycles. The van der Waals surface area contributed by atoms with Gasteiger partial charge in [0.2, 0.25) is 0 Å². The molecule has 148 valence electrons. The maximum absolute atomic E-state index is 13.2. The standard InChI is InChI=1S/C23H19FO5/c1-23(19(25)12-7-15-5-3-2-4-6-15)20(22(27)28)18(13-14-29-23)21(26)16-8-10-17(24)11-9-16/h2-12H,13-14H2,1H3,(H,27,28). The van der Waals surface area contributed by atoms with Gasteiger partial charge in [-0.2, -0.15) is 0 Å². The molecule has 1 N–H and O–H groups in total. The first-order valence-electron chi connectivity index (χ1n) is 9.01. The minimum atomic E-state index is -1.81. The Morgan fingerprint density at radius 3 is 2.34 bits per heavy atom. The van der Waals surface area contributed by atoms with E-state index in [0.29, 0.717) is 0 Å². The van der Waals surface area contributed by atoms with Crippen molar-refractivity contribution in [1.29, 1.82) is 0 Å². The third-order valence-corrected chi connectivity index (χ3v) is 4.81. The van der Waals surface area contributed by atoms with Crippen LogP contribution in [0.3, 0.4) is 0 Å². The Morgan fingerprint density at radius 2 is 1.72 bits per heavy atom. The molecular weight excluding hydrogens is 375 g/mol. The second kappa shape index (κ2) is 8.32. The van der Waals surface area contributed by atoms with Crippen LogP contribution in [0.25, 0.3) is 6.08 Å². The van der Waals surface area contributed by atoms with Crippen molar-refractivity contribution in [1.82, 2.24) is 0 Å². The van der Waals surface area contributed by atoms with Crippen LogP contribution in [0.4, 0.5) is 4.39 Å².